The Morgan fingerprint density at radius 2 is 2.11 bits per heavy atom. The third-order valence-corrected chi connectivity index (χ3v) is 5.57. The molecule has 142 valence electrons. The van der Waals surface area contributed by atoms with Gasteiger partial charge in [-0.3, -0.25) is 10.1 Å². The summed E-state index contributed by atoms with van der Waals surface area (Å²) in [5.74, 6) is 0. The van der Waals surface area contributed by atoms with Crippen molar-refractivity contribution in [2.24, 2.45) is 7.05 Å². The van der Waals surface area contributed by atoms with Gasteiger partial charge in [0.1, 0.15) is 5.69 Å². The smallest absolute Gasteiger partial charge is 0.101 e. The van der Waals surface area contributed by atoms with E-state index in [2.05, 4.69) is 57.4 Å². The summed E-state index contributed by atoms with van der Waals surface area (Å²) in [4.78, 5) is 4.74. The van der Waals surface area contributed by atoms with Crippen molar-refractivity contribution < 1.29 is 0 Å². The first kappa shape index (κ1) is 16.9. The van der Waals surface area contributed by atoms with Gasteiger partial charge in [-0.25, -0.2) is 0 Å². The molecule has 1 aliphatic rings. The van der Waals surface area contributed by atoms with E-state index >= 15 is 0 Å². The molecule has 6 nitrogen and oxygen atoms in total. The lowest BCUT2D eigenvalue weighted by atomic mass is 9.91. The molecule has 0 aliphatic heterocycles. The van der Waals surface area contributed by atoms with Crippen LogP contribution in [0.15, 0.2) is 48.9 Å². The van der Waals surface area contributed by atoms with Crippen molar-refractivity contribution in [1.29, 1.82) is 0 Å². The van der Waals surface area contributed by atoms with E-state index in [0.29, 0.717) is 0 Å². The fraction of sp³-hybridized carbons (Fsp3) is 0.273. The van der Waals surface area contributed by atoms with Crippen LogP contribution in [0, 0.1) is 0 Å². The van der Waals surface area contributed by atoms with Gasteiger partial charge in [0.2, 0.25) is 0 Å². The predicted octanol–water partition coefficient (Wildman–Crippen LogP) is 4.49. The zero-order valence-corrected chi connectivity index (χ0v) is 16.2. The number of nitrogens with one attached hydrogen (secondary N) is 3. The number of pyridine rings is 1. The van der Waals surface area contributed by atoms with E-state index in [4.69, 9.17) is 4.98 Å². The van der Waals surface area contributed by atoms with Crippen LogP contribution in [0.2, 0.25) is 0 Å². The number of rotatable bonds is 4. The highest BCUT2D eigenvalue weighted by molar-refractivity contribution is 5.94. The van der Waals surface area contributed by atoms with Crippen molar-refractivity contribution in [1.82, 2.24) is 19.7 Å². The van der Waals surface area contributed by atoms with E-state index < -0.39 is 0 Å². The highest BCUT2D eigenvalue weighted by atomic mass is 15.1. The molecular weight excluding hydrogens is 348 g/mol. The van der Waals surface area contributed by atoms with Crippen molar-refractivity contribution in [2.45, 2.75) is 25.3 Å². The molecule has 0 amide bonds. The third-order valence-electron chi connectivity index (χ3n) is 5.57. The summed E-state index contributed by atoms with van der Waals surface area (Å²) in [5.41, 5.74) is 7.83. The van der Waals surface area contributed by atoms with Crippen molar-refractivity contribution in [3.63, 3.8) is 0 Å². The summed E-state index contributed by atoms with van der Waals surface area (Å²) in [5, 5.41) is 15.7. The normalized spacial score (nSPS) is 16.1. The van der Waals surface area contributed by atoms with Gasteiger partial charge in [0.15, 0.2) is 0 Å². The Labute approximate surface area is 164 Å². The van der Waals surface area contributed by atoms with Crippen LogP contribution in [-0.4, -0.2) is 26.8 Å². The lowest BCUT2D eigenvalue weighted by molar-refractivity contribution is 0.584. The van der Waals surface area contributed by atoms with Crippen LogP contribution in [0.5, 0.6) is 0 Å². The maximum atomic E-state index is 4.74. The van der Waals surface area contributed by atoms with Gasteiger partial charge in [-0.15, -0.1) is 0 Å². The predicted molar refractivity (Wildman–Crippen MR) is 114 cm³/mol. The van der Waals surface area contributed by atoms with Gasteiger partial charge in [-0.05, 0) is 55.2 Å². The van der Waals surface area contributed by atoms with Gasteiger partial charge < -0.3 is 15.2 Å². The lowest BCUT2D eigenvalue weighted by Crippen LogP contribution is -2.19. The molecule has 28 heavy (non-hydrogen) atoms. The lowest BCUT2D eigenvalue weighted by Gasteiger charge is -2.26. The number of hydrogen-bond acceptors (Lipinski definition) is 4. The standard InChI is InChI=1S/C22H24N6/c1-23-17-10-14-4-3-5-20(22(14)24-12-17)25-16-6-7-19-18(11-16)21(27-26-19)15-8-9-28(2)13-15/h6-13,20,23,25H,3-5H2,1-2H3,(H,26,27)/t20-/m0/s1. The summed E-state index contributed by atoms with van der Waals surface area (Å²) in [6.07, 6.45) is 9.41. The number of aromatic amines is 1. The zero-order chi connectivity index (χ0) is 19.1. The minimum absolute atomic E-state index is 0.235. The average Bonchev–Trinajstić information content (AvgIpc) is 3.33. The maximum absolute atomic E-state index is 4.74. The molecule has 0 saturated heterocycles. The molecule has 1 aliphatic carbocycles. The molecule has 0 fully saturated rings. The number of H-pyrrole nitrogens is 1. The summed E-state index contributed by atoms with van der Waals surface area (Å²) in [6, 6.07) is 11.0. The van der Waals surface area contributed by atoms with Crippen molar-refractivity contribution in [3.05, 3.63) is 60.2 Å². The van der Waals surface area contributed by atoms with Crippen LogP contribution in [0.3, 0.4) is 0 Å². The van der Waals surface area contributed by atoms with Crippen molar-refractivity contribution >= 4 is 22.3 Å². The Balaban J connectivity index is 1.48. The number of aromatic nitrogens is 4. The zero-order valence-electron chi connectivity index (χ0n) is 16.2. The largest absolute Gasteiger partial charge is 0.387 e. The second-order valence-electron chi connectivity index (χ2n) is 7.51. The fourth-order valence-corrected chi connectivity index (χ4v) is 4.11. The van der Waals surface area contributed by atoms with Crippen LogP contribution in [0.1, 0.15) is 30.1 Å². The van der Waals surface area contributed by atoms with E-state index in [0.717, 1.165) is 46.4 Å². The Kier molecular flexibility index (Phi) is 4.04. The Hall–Kier alpha value is -3.28. The van der Waals surface area contributed by atoms with E-state index in [9.17, 15) is 0 Å². The van der Waals surface area contributed by atoms with Gasteiger partial charge in [-0.2, -0.15) is 5.10 Å². The minimum atomic E-state index is 0.235. The van der Waals surface area contributed by atoms with Crippen LogP contribution in [-0.2, 0) is 13.5 Å². The second-order valence-corrected chi connectivity index (χ2v) is 7.51. The van der Waals surface area contributed by atoms with Gasteiger partial charge in [-0.1, -0.05) is 0 Å². The number of nitrogens with zero attached hydrogens (tertiary/aromatic N) is 3. The number of hydrogen-bond donors (Lipinski definition) is 3. The monoisotopic (exact) mass is 372 g/mol. The number of fused-ring (bicyclic) bond motifs is 2. The Morgan fingerprint density at radius 3 is 2.93 bits per heavy atom. The molecule has 6 heteroatoms. The fourth-order valence-electron chi connectivity index (χ4n) is 4.11. The van der Waals surface area contributed by atoms with E-state index in [1.54, 1.807) is 0 Å². The van der Waals surface area contributed by atoms with Gasteiger partial charge in [0.25, 0.3) is 0 Å². The van der Waals surface area contributed by atoms with Crippen molar-refractivity contribution in [3.8, 4) is 11.3 Å². The quantitative estimate of drug-likeness (QED) is 0.493. The number of benzene rings is 1. The maximum Gasteiger partial charge on any atom is 0.101 e. The summed E-state index contributed by atoms with van der Waals surface area (Å²) in [6.45, 7) is 0. The first-order chi connectivity index (χ1) is 13.7. The van der Waals surface area contributed by atoms with Crippen LogP contribution in [0.25, 0.3) is 22.2 Å². The Bertz CT molecular complexity index is 1140. The summed E-state index contributed by atoms with van der Waals surface area (Å²) >= 11 is 0. The van der Waals surface area contributed by atoms with E-state index in [-0.39, 0.29) is 6.04 Å². The molecule has 0 radical (unpaired) electrons. The molecule has 3 aromatic heterocycles. The van der Waals surface area contributed by atoms with Crippen LogP contribution >= 0.6 is 0 Å². The first-order valence-electron chi connectivity index (χ1n) is 9.75. The SMILES string of the molecule is CNc1cnc2c(c1)CCC[C@@H]2Nc1ccc2[nH]nc(-c3ccn(C)c3)c2c1. The summed E-state index contributed by atoms with van der Waals surface area (Å²) < 4.78 is 2.04. The first-order valence-corrected chi connectivity index (χ1v) is 9.75. The highest BCUT2D eigenvalue weighted by Crippen LogP contribution is 2.34. The van der Waals surface area contributed by atoms with Crippen LogP contribution in [0.4, 0.5) is 11.4 Å². The van der Waals surface area contributed by atoms with Gasteiger partial charge in [0.05, 0.1) is 29.1 Å². The molecular formula is C22H24N6. The number of aryl methyl sites for hydroxylation is 2. The summed E-state index contributed by atoms with van der Waals surface area (Å²) in [7, 11) is 3.96. The van der Waals surface area contributed by atoms with Gasteiger partial charge >= 0.3 is 0 Å². The molecule has 0 saturated carbocycles. The van der Waals surface area contributed by atoms with Gasteiger partial charge in [0, 0.05) is 43.1 Å². The van der Waals surface area contributed by atoms with Crippen molar-refractivity contribution in [2.75, 3.05) is 17.7 Å². The Morgan fingerprint density at radius 1 is 1.18 bits per heavy atom. The third kappa shape index (κ3) is 2.91. The molecule has 4 aromatic rings. The van der Waals surface area contributed by atoms with Crippen LogP contribution < -0.4 is 10.6 Å². The molecule has 3 heterocycles. The molecule has 1 atom stereocenters. The minimum Gasteiger partial charge on any atom is -0.387 e. The molecule has 0 spiro atoms. The molecule has 3 N–H and O–H groups in total. The molecule has 1 aromatic carbocycles. The molecule has 0 unspecified atom stereocenters. The van der Waals surface area contributed by atoms with E-state index in [1.807, 2.05) is 31.1 Å². The number of anilines is 2. The highest BCUT2D eigenvalue weighted by Gasteiger charge is 2.22. The second kappa shape index (κ2) is 6.71. The molecule has 0 bridgehead atoms. The average molecular weight is 372 g/mol. The topological polar surface area (TPSA) is 70.6 Å². The molecule has 5 rings (SSSR count). The van der Waals surface area contributed by atoms with E-state index in [1.165, 1.54) is 17.7 Å².